The maximum atomic E-state index is 12.9. The van der Waals surface area contributed by atoms with Crippen molar-refractivity contribution in [2.24, 2.45) is 5.92 Å². The molecule has 1 saturated carbocycles. The third-order valence-corrected chi connectivity index (χ3v) is 5.22. The van der Waals surface area contributed by atoms with Crippen LogP contribution in [-0.4, -0.2) is 36.6 Å². The van der Waals surface area contributed by atoms with Crippen molar-refractivity contribution in [1.29, 1.82) is 0 Å². The second kappa shape index (κ2) is 6.45. The lowest BCUT2D eigenvalue weighted by Gasteiger charge is -2.37. The van der Waals surface area contributed by atoms with Gasteiger partial charge >= 0.3 is 0 Å². The third kappa shape index (κ3) is 3.64. The summed E-state index contributed by atoms with van der Waals surface area (Å²) in [6.45, 7) is 8.24. The molecule has 1 aliphatic carbocycles. The molecule has 1 aliphatic heterocycles. The zero-order valence-electron chi connectivity index (χ0n) is 13.2. The molecule has 1 heterocycles. The molecule has 2 nitrogen and oxygen atoms in total. The zero-order chi connectivity index (χ0) is 14.8. The van der Waals surface area contributed by atoms with E-state index in [1.54, 1.807) is 12.1 Å². The van der Waals surface area contributed by atoms with E-state index in [2.05, 4.69) is 24.1 Å². The number of halogens is 1. The van der Waals surface area contributed by atoms with Gasteiger partial charge in [-0.3, -0.25) is 0 Å². The first-order valence-electron chi connectivity index (χ1n) is 8.34. The van der Waals surface area contributed by atoms with Crippen molar-refractivity contribution in [3.05, 3.63) is 35.6 Å². The molecule has 1 N–H and O–H groups in total. The van der Waals surface area contributed by atoms with E-state index in [0.29, 0.717) is 18.0 Å². The summed E-state index contributed by atoms with van der Waals surface area (Å²) >= 11 is 0. The van der Waals surface area contributed by atoms with Gasteiger partial charge in [0.2, 0.25) is 0 Å². The van der Waals surface area contributed by atoms with Crippen LogP contribution in [0.4, 0.5) is 4.39 Å². The minimum absolute atomic E-state index is 0.135. The molecule has 0 aromatic heterocycles. The summed E-state index contributed by atoms with van der Waals surface area (Å²) in [7, 11) is 0. The van der Waals surface area contributed by atoms with Crippen molar-refractivity contribution in [2.75, 3.05) is 19.6 Å². The average Bonchev–Trinajstić information content (AvgIpc) is 2.88. The van der Waals surface area contributed by atoms with Gasteiger partial charge in [0, 0.05) is 18.6 Å². The minimum Gasteiger partial charge on any atom is -0.314 e. The van der Waals surface area contributed by atoms with Crippen LogP contribution in [0.5, 0.6) is 0 Å². The molecule has 1 aromatic carbocycles. The van der Waals surface area contributed by atoms with Crippen LogP contribution in [0.3, 0.4) is 0 Å². The highest BCUT2D eigenvalue weighted by Gasteiger charge is 2.31. The van der Waals surface area contributed by atoms with Crippen molar-refractivity contribution in [3.63, 3.8) is 0 Å². The van der Waals surface area contributed by atoms with E-state index < -0.39 is 0 Å². The van der Waals surface area contributed by atoms with Gasteiger partial charge in [0.25, 0.3) is 0 Å². The molecule has 1 aromatic rings. The van der Waals surface area contributed by atoms with Gasteiger partial charge in [-0.05, 0) is 75.7 Å². The Morgan fingerprint density at radius 1 is 1.24 bits per heavy atom. The molecule has 1 atom stereocenters. The highest BCUT2D eigenvalue weighted by Crippen LogP contribution is 2.37. The Balaban J connectivity index is 1.37. The fourth-order valence-corrected chi connectivity index (χ4v) is 3.62. The first-order chi connectivity index (χ1) is 10.1. The fourth-order valence-electron chi connectivity index (χ4n) is 3.62. The summed E-state index contributed by atoms with van der Waals surface area (Å²) in [5.41, 5.74) is 1.29. The maximum absolute atomic E-state index is 12.9. The summed E-state index contributed by atoms with van der Waals surface area (Å²) in [4.78, 5) is 2.58. The van der Waals surface area contributed by atoms with Crippen LogP contribution in [0.25, 0.3) is 0 Å². The lowest BCUT2D eigenvalue weighted by atomic mass is 9.76. The number of likely N-dealkylation sites (tertiary alicyclic amines) is 1. The Bertz CT molecular complexity index is 451. The largest absolute Gasteiger partial charge is 0.314 e. The summed E-state index contributed by atoms with van der Waals surface area (Å²) in [5.74, 6) is 1.31. The molecule has 1 unspecified atom stereocenters. The molecule has 0 amide bonds. The van der Waals surface area contributed by atoms with Crippen molar-refractivity contribution in [3.8, 4) is 0 Å². The maximum Gasteiger partial charge on any atom is 0.123 e. The predicted molar refractivity (Wildman–Crippen MR) is 85.0 cm³/mol. The van der Waals surface area contributed by atoms with E-state index in [4.69, 9.17) is 0 Å². The van der Waals surface area contributed by atoms with Gasteiger partial charge in [-0.15, -0.1) is 0 Å². The molecule has 2 fully saturated rings. The Labute approximate surface area is 127 Å². The third-order valence-electron chi connectivity index (χ3n) is 5.22. The molecule has 21 heavy (non-hydrogen) atoms. The second-order valence-corrected chi connectivity index (χ2v) is 7.07. The zero-order valence-corrected chi connectivity index (χ0v) is 13.2. The normalized spacial score (nSPS) is 29.8. The molecule has 2 aliphatic rings. The highest BCUT2D eigenvalue weighted by molar-refractivity contribution is 5.23. The van der Waals surface area contributed by atoms with E-state index in [1.807, 2.05) is 12.1 Å². The van der Waals surface area contributed by atoms with E-state index in [0.717, 1.165) is 12.5 Å². The van der Waals surface area contributed by atoms with Crippen LogP contribution >= 0.6 is 0 Å². The van der Waals surface area contributed by atoms with E-state index in [-0.39, 0.29) is 5.82 Å². The van der Waals surface area contributed by atoms with Gasteiger partial charge in [-0.25, -0.2) is 4.39 Å². The van der Waals surface area contributed by atoms with Crippen LogP contribution in [0, 0.1) is 11.7 Å². The monoisotopic (exact) mass is 290 g/mol. The van der Waals surface area contributed by atoms with Crippen LogP contribution in [0.15, 0.2) is 24.3 Å². The smallest absolute Gasteiger partial charge is 0.123 e. The topological polar surface area (TPSA) is 15.3 Å². The Kier molecular flexibility index (Phi) is 4.60. The van der Waals surface area contributed by atoms with Crippen molar-refractivity contribution in [1.82, 2.24) is 10.2 Å². The number of hydrogen-bond acceptors (Lipinski definition) is 2. The molecular weight excluding hydrogens is 263 g/mol. The van der Waals surface area contributed by atoms with Gasteiger partial charge in [-0.1, -0.05) is 12.1 Å². The number of rotatable bonds is 5. The summed E-state index contributed by atoms with van der Waals surface area (Å²) in [6, 6.07) is 8.38. The highest BCUT2D eigenvalue weighted by atomic mass is 19.1. The van der Waals surface area contributed by atoms with Gasteiger partial charge in [0.05, 0.1) is 0 Å². The number of hydrogen-bond donors (Lipinski definition) is 1. The number of nitrogens with one attached hydrogen (secondary N) is 1. The molecule has 3 rings (SSSR count). The summed E-state index contributed by atoms with van der Waals surface area (Å²) in [5, 5.41) is 3.73. The molecule has 1 saturated heterocycles. The Morgan fingerprint density at radius 3 is 2.57 bits per heavy atom. The first-order valence-corrected chi connectivity index (χ1v) is 8.34. The van der Waals surface area contributed by atoms with Crippen LogP contribution < -0.4 is 5.32 Å². The van der Waals surface area contributed by atoms with Gasteiger partial charge in [0.15, 0.2) is 0 Å². The molecule has 3 heteroatoms. The first kappa shape index (κ1) is 15.0. The standard InChI is InChI=1S/C18H27FN2/c1-13(2)21-8-7-14(12-21)11-20-18-9-16(10-18)15-3-5-17(19)6-4-15/h3-6,13-14,16,18,20H,7-12H2,1-2H3. The lowest BCUT2D eigenvalue weighted by Crippen LogP contribution is -2.42. The van der Waals surface area contributed by atoms with Crippen molar-refractivity contribution >= 4 is 0 Å². The van der Waals surface area contributed by atoms with Gasteiger partial charge in [0.1, 0.15) is 5.82 Å². The average molecular weight is 290 g/mol. The minimum atomic E-state index is -0.135. The Hall–Kier alpha value is -0.930. The number of nitrogens with zero attached hydrogens (tertiary/aromatic N) is 1. The summed E-state index contributed by atoms with van der Waals surface area (Å²) < 4.78 is 12.9. The van der Waals surface area contributed by atoms with Crippen LogP contribution in [0.2, 0.25) is 0 Å². The van der Waals surface area contributed by atoms with E-state index >= 15 is 0 Å². The Morgan fingerprint density at radius 2 is 1.95 bits per heavy atom. The van der Waals surface area contributed by atoms with Crippen molar-refractivity contribution in [2.45, 2.75) is 51.1 Å². The second-order valence-electron chi connectivity index (χ2n) is 7.07. The number of benzene rings is 1. The lowest BCUT2D eigenvalue weighted by molar-refractivity contribution is 0.250. The van der Waals surface area contributed by atoms with Crippen LogP contribution in [-0.2, 0) is 0 Å². The van der Waals surface area contributed by atoms with E-state index in [1.165, 1.54) is 37.9 Å². The predicted octanol–water partition coefficient (Wildman–Crippen LogP) is 3.39. The SMILES string of the molecule is CC(C)N1CCC(CNC2CC(c3ccc(F)cc3)C2)C1. The van der Waals surface area contributed by atoms with Crippen LogP contribution in [0.1, 0.15) is 44.6 Å². The van der Waals surface area contributed by atoms with Gasteiger partial charge < -0.3 is 10.2 Å². The molecule has 116 valence electrons. The molecule has 0 spiro atoms. The fraction of sp³-hybridized carbons (Fsp3) is 0.667. The van der Waals surface area contributed by atoms with Gasteiger partial charge in [-0.2, -0.15) is 0 Å². The summed E-state index contributed by atoms with van der Waals surface area (Å²) in [6.07, 6.45) is 3.73. The quantitative estimate of drug-likeness (QED) is 0.894. The molecule has 0 radical (unpaired) electrons. The molecule has 0 bridgehead atoms. The van der Waals surface area contributed by atoms with Crippen molar-refractivity contribution < 1.29 is 4.39 Å². The molecular formula is C18H27FN2. The van der Waals surface area contributed by atoms with E-state index in [9.17, 15) is 4.39 Å².